The van der Waals surface area contributed by atoms with Crippen LogP contribution in [0, 0.1) is 17.2 Å². The molecular weight excluding hydrogens is 641 g/mol. The lowest BCUT2D eigenvalue weighted by molar-refractivity contribution is 0.812. The van der Waals surface area contributed by atoms with Gasteiger partial charge in [-0.3, -0.25) is 0 Å². The van der Waals surface area contributed by atoms with Crippen LogP contribution in [0.3, 0.4) is 0 Å². The maximum absolute atomic E-state index is 9.60. The van der Waals surface area contributed by atoms with Crippen molar-refractivity contribution in [1.82, 2.24) is 4.57 Å². The Labute approximate surface area is 310 Å². The van der Waals surface area contributed by atoms with Crippen LogP contribution in [0.2, 0.25) is 0 Å². The summed E-state index contributed by atoms with van der Waals surface area (Å²) in [5, 5.41) is 14.3. The van der Waals surface area contributed by atoms with Crippen LogP contribution in [-0.2, 0) is 0 Å². The first-order valence-corrected chi connectivity index (χ1v) is 18.1. The molecule has 2 heteroatoms. The van der Waals surface area contributed by atoms with Gasteiger partial charge in [-0.15, -0.1) is 0 Å². The fourth-order valence-corrected chi connectivity index (χ4v) is 7.86. The number of nitrogens with zero attached hydrogens (tertiary/aromatic N) is 2. The average molecular weight is 677 g/mol. The minimum Gasteiger partial charge on any atom is -0.309 e. The van der Waals surface area contributed by atoms with Crippen molar-refractivity contribution in [2.45, 2.75) is 6.42 Å². The molecule has 9 rings (SSSR count). The van der Waals surface area contributed by atoms with Crippen LogP contribution in [0.4, 0.5) is 0 Å². The Morgan fingerprint density at radius 3 is 2.49 bits per heavy atom. The summed E-state index contributed by atoms with van der Waals surface area (Å²) in [6, 6.07) is 47.2. The highest BCUT2D eigenvalue weighted by Crippen LogP contribution is 2.37. The summed E-state index contributed by atoms with van der Waals surface area (Å²) < 4.78 is 2.28. The smallest absolute Gasteiger partial charge is 0.0991 e. The molecule has 0 fully saturated rings. The maximum atomic E-state index is 9.60. The average Bonchev–Trinajstić information content (AvgIpc) is 3.53. The summed E-state index contributed by atoms with van der Waals surface area (Å²) in [5.41, 5.74) is 13.5. The molecule has 0 radical (unpaired) electrons. The van der Waals surface area contributed by atoms with Crippen LogP contribution in [0.15, 0.2) is 193 Å². The number of aromatic nitrogens is 1. The zero-order valence-corrected chi connectivity index (χ0v) is 29.3. The fraction of sp³-hybridized carbons (Fsp3) is 0.0392. The fourth-order valence-electron chi connectivity index (χ4n) is 7.86. The van der Waals surface area contributed by atoms with Crippen molar-refractivity contribution in [2.24, 2.45) is 5.92 Å². The molecule has 2 aliphatic carbocycles. The molecule has 0 aliphatic heterocycles. The Kier molecular flexibility index (Phi) is 8.23. The van der Waals surface area contributed by atoms with Crippen LogP contribution in [0.25, 0.3) is 67.6 Å². The minimum absolute atomic E-state index is 0.300. The van der Waals surface area contributed by atoms with E-state index in [0.717, 1.165) is 45.1 Å². The Morgan fingerprint density at radius 2 is 1.60 bits per heavy atom. The second-order valence-corrected chi connectivity index (χ2v) is 13.7. The summed E-state index contributed by atoms with van der Waals surface area (Å²) in [6.07, 6.45) is 23.2. The van der Waals surface area contributed by atoms with E-state index >= 15 is 0 Å². The van der Waals surface area contributed by atoms with Crippen LogP contribution >= 0.6 is 0 Å². The van der Waals surface area contributed by atoms with Gasteiger partial charge in [0.15, 0.2) is 0 Å². The van der Waals surface area contributed by atoms with Crippen LogP contribution in [-0.4, -0.2) is 4.57 Å². The Morgan fingerprint density at radius 1 is 0.736 bits per heavy atom. The maximum Gasteiger partial charge on any atom is 0.0991 e. The number of hydrogen-bond donors (Lipinski definition) is 0. The van der Waals surface area contributed by atoms with Crippen molar-refractivity contribution in [2.75, 3.05) is 0 Å². The lowest BCUT2D eigenvalue weighted by atomic mass is 9.84. The number of benzene rings is 6. The quantitative estimate of drug-likeness (QED) is 0.161. The molecule has 0 N–H and O–H groups in total. The molecule has 7 aromatic rings. The summed E-state index contributed by atoms with van der Waals surface area (Å²) in [6.45, 7) is 4.21. The van der Waals surface area contributed by atoms with Gasteiger partial charge in [0.2, 0.25) is 0 Å². The summed E-state index contributed by atoms with van der Waals surface area (Å²) >= 11 is 0. The molecule has 0 spiro atoms. The molecule has 250 valence electrons. The molecule has 53 heavy (non-hydrogen) atoms. The predicted octanol–water partition coefficient (Wildman–Crippen LogP) is 13.2. The normalized spacial score (nSPS) is 16.1. The van der Waals surface area contributed by atoms with Crippen molar-refractivity contribution in [3.63, 3.8) is 0 Å². The predicted molar refractivity (Wildman–Crippen MR) is 225 cm³/mol. The number of fused-ring (bicyclic) bond motifs is 7. The molecule has 4 bridgehead atoms. The van der Waals surface area contributed by atoms with Gasteiger partial charge in [-0.2, -0.15) is 5.26 Å². The zero-order chi connectivity index (χ0) is 35.7. The van der Waals surface area contributed by atoms with Crippen molar-refractivity contribution in [1.29, 1.82) is 5.26 Å². The highest BCUT2D eigenvalue weighted by molar-refractivity contribution is 6.10. The van der Waals surface area contributed by atoms with Gasteiger partial charge in [-0.05, 0) is 110 Å². The highest BCUT2D eigenvalue weighted by Gasteiger charge is 2.17. The van der Waals surface area contributed by atoms with E-state index in [0.29, 0.717) is 11.5 Å². The molecule has 2 aliphatic rings. The van der Waals surface area contributed by atoms with Gasteiger partial charge in [0, 0.05) is 16.5 Å². The van der Waals surface area contributed by atoms with E-state index in [1.807, 2.05) is 24.3 Å². The molecule has 1 aromatic heterocycles. The molecule has 0 amide bonds. The number of allylic oxidation sites excluding steroid dienone is 10. The molecule has 0 saturated carbocycles. The minimum atomic E-state index is 0.300. The molecule has 6 aromatic carbocycles. The molecule has 1 unspecified atom stereocenters. The van der Waals surface area contributed by atoms with E-state index in [1.165, 1.54) is 44.2 Å². The zero-order valence-electron chi connectivity index (χ0n) is 29.3. The topological polar surface area (TPSA) is 28.7 Å². The number of para-hydroxylation sites is 1. The Balaban J connectivity index is 1.02. The van der Waals surface area contributed by atoms with Gasteiger partial charge >= 0.3 is 0 Å². The van der Waals surface area contributed by atoms with E-state index in [4.69, 9.17) is 0 Å². The molecule has 1 heterocycles. The van der Waals surface area contributed by atoms with Gasteiger partial charge in [0.25, 0.3) is 0 Å². The first kappa shape index (κ1) is 32.0. The Hall–Kier alpha value is -6.95. The van der Waals surface area contributed by atoms with Crippen molar-refractivity contribution < 1.29 is 0 Å². The van der Waals surface area contributed by atoms with Gasteiger partial charge < -0.3 is 4.57 Å². The number of nitriles is 1. The molecule has 0 saturated heterocycles. The van der Waals surface area contributed by atoms with Gasteiger partial charge in [0.1, 0.15) is 0 Å². The number of rotatable bonds is 6. The summed E-state index contributed by atoms with van der Waals surface area (Å²) in [7, 11) is 0. The van der Waals surface area contributed by atoms with Crippen molar-refractivity contribution in [3.8, 4) is 22.9 Å². The first-order valence-electron chi connectivity index (χ1n) is 18.1. The first-order chi connectivity index (χ1) is 26.2. The molecular formula is C51H36N2. The van der Waals surface area contributed by atoms with Crippen molar-refractivity contribution in [3.05, 3.63) is 215 Å². The second-order valence-electron chi connectivity index (χ2n) is 13.7. The standard InChI is InChI=1S/C51H36N2/c1-2-39(12-8-10-35-22-28-48-49-32-38(34-52)23-29-50(49)53(51(48)33-35)43-14-4-3-5-15-43)44-26-20-36-19-25-42-31-37(18-24-41(44)30-36)21-27-46(42)47-17-9-13-40-11-6-7-16-45(40)47/h2-19,21-33,36H,1,20H2/b10-8+,24-18-,25-19?,39-12+. The Bertz CT molecular complexity index is 2820. The van der Waals surface area contributed by atoms with E-state index < -0.39 is 0 Å². The van der Waals surface area contributed by atoms with Crippen molar-refractivity contribution >= 4 is 50.8 Å². The third-order valence-corrected chi connectivity index (χ3v) is 10.5. The third kappa shape index (κ3) is 5.99. The molecule has 2 nitrogen and oxygen atoms in total. The monoisotopic (exact) mass is 676 g/mol. The lowest BCUT2D eigenvalue weighted by Gasteiger charge is -2.20. The van der Waals surface area contributed by atoms with Crippen LogP contribution in [0.1, 0.15) is 28.7 Å². The molecule has 1 atom stereocenters. The summed E-state index contributed by atoms with van der Waals surface area (Å²) in [5.74, 6) is 0.300. The SMILES string of the molecule is C=C/C(=C\C=C\c1ccc2c3cc(C#N)ccc3n(-c3ccccc3)c2c1)C1=CCC2C=Cc3cc(ccc3-c3cccc4ccccc34)/C=C\C1=C2. The lowest BCUT2D eigenvalue weighted by Crippen LogP contribution is -2.03. The van der Waals surface area contributed by atoms with E-state index in [9.17, 15) is 5.26 Å². The second kappa shape index (κ2) is 13.6. The summed E-state index contributed by atoms with van der Waals surface area (Å²) in [4.78, 5) is 0. The third-order valence-electron chi connectivity index (χ3n) is 10.5. The number of hydrogen-bond acceptors (Lipinski definition) is 1. The van der Waals surface area contributed by atoms with E-state index in [-0.39, 0.29) is 0 Å². The van der Waals surface area contributed by atoms with Crippen LogP contribution in [0.5, 0.6) is 0 Å². The highest BCUT2D eigenvalue weighted by atomic mass is 15.0. The van der Waals surface area contributed by atoms with Gasteiger partial charge in [-0.1, -0.05) is 152 Å². The van der Waals surface area contributed by atoms with E-state index in [2.05, 4.69) is 181 Å². The van der Waals surface area contributed by atoms with Gasteiger partial charge in [-0.25, -0.2) is 0 Å². The van der Waals surface area contributed by atoms with E-state index in [1.54, 1.807) is 0 Å². The largest absolute Gasteiger partial charge is 0.309 e. The van der Waals surface area contributed by atoms with Crippen LogP contribution < -0.4 is 0 Å². The van der Waals surface area contributed by atoms with Gasteiger partial charge in [0.05, 0.1) is 22.7 Å².